The van der Waals surface area contributed by atoms with Gasteiger partial charge in [-0.1, -0.05) is 0 Å². The Morgan fingerprint density at radius 2 is 2.33 bits per heavy atom. The lowest BCUT2D eigenvalue weighted by atomic mass is 10.1. The van der Waals surface area contributed by atoms with E-state index in [1.807, 2.05) is 0 Å². The monoisotopic (exact) mass is 170 g/mol. The molecule has 4 nitrogen and oxygen atoms in total. The number of carbonyl (C=O) groups is 2. The first-order chi connectivity index (χ1) is 5.62. The number of aldehydes is 1. The lowest BCUT2D eigenvalue weighted by molar-refractivity contribution is -0.134. The molecule has 0 saturated carbocycles. The van der Waals surface area contributed by atoms with Crippen molar-refractivity contribution >= 4 is 12.3 Å². The summed E-state index contributed by atoms with van der Waals surface area (Å²) < 4.78 is 9.36. The van der Waals surface area contributed by atoms with Gasteiger partial charge in [-0.2, -0.15) is 0 Å². The van der Waals surface area contributed by atoms with E-state index >= 15 is 0 Å². The van der Waals surface area contributed by atoms with Gasteiger partial charge < -0.3 is 14.3 Å². The zero-order chi connectivity index (χ0) is 9.19. The third kappa shape index (κ3) is 1.71. The maximum Gasteiger partial charge on any atom is 0.330 e. The van der Waals surface area contributed by atoms with Gasteiger partial charge in [0, 0.05) is 6.08 Å². The number of carbonyl (C=O) groups excluding carboxylic acids is 2. The van der Waals surface area contributed by atoms with Crippen LogP contribution in [0.15, 0.2) is 12.2 Å². The van der Waals surface area contributed by atoms with Crippen LogP contribution in [-0.2, 0) is 19.1 Å². The normalized spacial score (nSPS) is 33.3. The molecule has 0 unspecified atom stereocenters. The second-order valence-electron chi connectivity index (χ2n) is 2.71. The molecule has 12 heavy (non-hydrogen) atoms. The average Bonchev–Trinajstić information content (AvgIpc) is 2.74. The van der Waals surface area contributed by atoms with Crippen molar-refractivity contribution in [2.24, 2.45) is 0 Å². The van der Waals surface area contributed by atoms with Crippen molar-refractivity contribution in [3.8, 4) is 0 Å². The van der Waals surface area contributed by atoms with E-state index in [-0.39, 0.29) is 0 Å². The van der Waals surface area contributed by atoms with Crippen LogP contribution in [0.1, 0.15) is 6.92 Å². The van der Waals surface area contributed by atoms with Crippen molar-refractivity contribution in [3.05, 3.63) is 12.2 Å². The fourth-order valence-electron chi connectivity index (χ4n) is 0.838. The smallest absolute Gasteiger partial charge is 0.330 e. The summed E-state index contributed by atoms with van der Waals surface area (Å²) >= 11 is 0. The summed E-state index contributed by atoms with van der Waals surface area (Å²) in [5.74, 6) is -0.448. The van der Waals surface area contributed by atoms with Gasteiger partial charge in [0.2, 0.25) is 0 Å². The van der Waals surface area contributed by atoms with Gasteiger partial charge in [0.25, 0.3) is 0 Å². The Labute approximate surface area is 70.1 Å². The van der Waals surface area contributed by atoms with Crippen LogP contribution in [0.25, 0.3) is 0 Å². The standard InChI is InChI=1S/C8H10O4/c1-8(6(5-9)12-8)4-3-7(10)11-2/h3-6H,1-2H3/b4-3+/t6-,8-/m0/s1. The molecule has 0 aromatic heterocycles. The summed E-state index contributed by atoms with van der Waals surface area (Å²) in [6, 6.07) is 0. The number of rotatable bonds is 3. The summed E-state index contributed by atoms with van der Waals surface area (Å²) in [4.78, 5) is 20.9. The van der Waals surface area contributed by atoms with Crippen LogP contribution in [0.5, 0.6) is 0 Å². The van der Waals surface area contributed by atoms with E-state index in [0.717, 1.165) is 0 Å². The molecule has 0 amide bonds. The van der Waals surface area contributed by atoms with Crippen molar-refractivity contribution in [2.45, 2.75) is 18.6 Å². The highest BCUT2D eigenvalue weighted by Gasteiger charge is 2.50. The maximum absolute atomic E-state index is 10.6. The first-order valence-corrected chi connectivity index (χ1v) is 3.52. The number of methoxy groups -OCH3 is 1. The minimum Gasteiger partial charge on any atom is -0.466 e. The summed E-state index contributed by atoms with van der Waals surface area (Å²) in [6.07, 6.45) is 3.07. The van der Waals surface area contributed by atoms with Gasteiger partial charge in [-0.05, 0) is 13.0 Å². The molecular formula is C8H10O4. The second-order valence-corrected chi connectivity index (χ2v) is 2.71. The van der Waals surface area contributed by atoms with Crippen LogP contribution in [0.2, 0.25) is 0 Å². The third-order valence-corrected chi connectivity index (χ3v) is 1.76. The number of hydrogen-bond acceptors (Lipinski definition) is 4. The Morgan fingerprint density at radius 1 is 1.67 bits per heavy atom. The Balaban J connectivity index is 2.47. The molecule has 4 heteroatoms. The topological polar surface area (TPSA) is 55.9 Å². The molecule has 1 fully saturated rings. The van der Waals surface area contributed by atoms with Crippen LogP contribution >= 0.6 is 0 Å². The van der Waals surface area contributed by atoms with Gasteiger partial charge >= 0.3 is 5.97 Å². The Hall–Kier alpha value is -1.16. The van der Waals surface area contributed by atoms with Gasteiger partial charge in [0.05, 0.1) is 7.11 Å². The fourth-order valence-corrected chi connectivity index (χ4v) is 0.838. The van der Waals surface area contributed by atoms with Crippen LogP contribution < -0.4 is 0 Å². The predicted molar refractivity (Wildman–Crippen MR) is 40.5 cm³/mol. The summed E-state index contributed by atoms with van der Waals surface area (Å²) in [6.45, 7) is 1.73. The first-order valence-electron chi connectivity index (χ1n) is 3.52. The largest absolute Gasteiger partial charge is 0.466 e. The molecule has 0 aromatic rings. The molecule has 0 aliphatic carbocycles. The van der Waals surface area contributed by atoms with E-state index in [9.17, 15) is 9.59 Å². The van der Waals surface area contributed by atoms with Crippen LogP contribution in [0.4, 0.5) is 0 Å². The van der Waals surface area contributed by atoms with Gasteiger partial charge in [0.1, 0.15) is 11.7 Å². The highest BCUT2D eigenvalue weighted by Crippen LogP contribution is 2.35. The predicted octanol–water partition coefficient (Wildman–Crippen LogP) is 0.0720. The minimum absolute atomic E-state index is 0.418. The Bertz CT molecular complexity index is 233. The van der Waals surface area contributed by atoms with Crippen LogP contribution in [-0.4, -0.2) is 31.1 Å². The molecule has 1 saturated heterocycles. The van der Waals surface area contributed by atoms with E-state index in [2.05, 4.69) is 4.74 Å². The molecule has 0 bridgehead atoms. The van der Waals surface area contributed by atoms with Crippen molar-refractivity contribution in [2.75, 3.05) is 7.11 Å². The highest BCUT2D eigenvalue weighted by molar-refractivity contribution is 5.82. The average molecular weight is 170 g/mol. The second kappa shape index (κ2) is 3.06. The van der Waals surface area contributed by atoms with Crippen molar-refractivity contribution in [1.82, 2.24) is 0 Å². The molecule has 66 valence electrons. The van der Waals surface area contributed by atoms with Crippen molar-refractivity contribution < 1.29 is 19.1 Å². The first kappa shape index (κ1) is 8.93. The van der Waals surface area contributed by atoms with E-state index in [0.29, 0.717) is 6.29 Å². The van der Waals surface area contributed by atoms with Crippen LogP contribution in [0.3, 0.4) is 0 Å². The molecule has 0 aromatic carbocycles. The molecule has 0 spiro atoms. The molecule has 0 radical (unpaired) electrons. The fraction of sp³-hybridized carbons (Fsp3) is 0.500. The molecule has 1 aliphatic rings. The molecule has 1 aliphatic heterocycles. The Morgan fingerprint density at radius 3 is 2.75 bits per heavy atom. The van der Waals surface area contributed by atoms with E-state index in [1.54, 1.807) is 6.92 Å². The van der Waals surface area contributed by atoms with Gasteiger partial charge in [0.15, 0.2) is 6.29 Å². The highest BCUT2D eigenvalue weighted by atomic mass is 16.6. The molecule has 0 N–H and O–H groups in total. The van der Waals surface area contributed by atoms with Gasteiger partial charge in [-0.15, -0.1) is 0 Å². The molecule has 1 rings (SSSR count). The molecule has 1 heterocycles. The lowest BCUT2D eigenvalue weighted by Crippen LogP contribution is -2.07. The van der Waals surface area contributed by atoms with Crippen LogP contribution in [0, 0.1) is 0 Å². The number of epoxide rings is 1. The van der Waals surface area contributed by atoms with E-state index < -0.39 is 17.7 Å². The number of hydrogen-bond donors (Lipinski definition) is 0. The molecule has 2 atom stereocenters. The Kier molecular flexibility index (Phi) is 2.28. The zero-order valence-corrected chi connectivity index (χ0v) is 6.94. The van der Waals surface area contributed by atoms with Gasteiger partial charge in [-0.25, -0.2) is 4.79 Å². The lowest BCUT2D eigenvalue weighted by Gasteiger charge is -1.94. The summed E-state index contributed by atoms with van der Waals surface area (Å²) in [7, 11) is 1.29. The zero-order valence-electron chi connectivity index (χ0n) is 6.94. The minimum atomic E-state index is -0.601. The quantitative estimate of drug-likeness (QED) is 0.260. The van der Waals surface area contributed by atoms with Gasteiger partial charge in [-0.3, -0.25) is 0 Å². The summed E-state index contributed by atoms with van der Waals surface area (Å²) in [5, 5.41) is 0. The SMILES string of the molecule is COC(=O)/C=C/[C@]1(C)O[C@H]1C=O. The molecular weight excluding hydrogens is 160 g/mol. The number of ether oxygens (including phenoxy) is 2. The van der Waals surface area contributed by atoms with E-state index in [1.165, 1.54) is 19.3 Å². The third-order valence-electron chi connectivity index (χ3n) is 1.76. The van der Waals surface area contributed by atoms with Crippen molar-refractivity contribution in [1.29, 1.82) is 0 Å². The summed E-state index contributed by atoms with van der Waals surface area (Å²) in [5.41, 5.74) is -0.601. The number of esters is 1. The maximum atomic E-state index is 10.6. The van der Waals surface area contributed by atoms with E-state index in [4.69, 9.17) is 4.74 Å². The van der Waals surface area contributed by atoms with Crippen molar-refractivity contribution in [3.63, 3.8) is 0 Å².